The van der Waals surface area contributed by atoms with Crippen molar-refractivity contribution in [3.63, 3.8) is 0 Å². The van der Waals surface area contributed by atoms with Crippen molar-refractivity contribution in [3.8, 4) is 5.75 Å². The molecule has 0 aliphatic carbocycles. The Morgan fingerprint density at radius 2 is 2.00 bits per heavy atom. The lowest BCUT2D eigenvalue weighted by atomic mass is 9.98. The quantitative estimate of drug-likeness (QED) is 0.865. The Morgan fingerprint density at radius 1 is 1.25 bits per heavy atom. The first-order valence-electron chi connectivity index (χ1n) is 6.03. The molecule has 0 amide bonds. The molecule has 0 aliphatic heterocycles. The highest BCUT2D eigenvalue weighted by molar-refractivity contribution is 9.10. The molecule has 2 aromatic rings. The maximum atomic E-state index is 14.2. The van der Waals surface area contributed by atoms with Crippen LogP contribution in [0.4, 0.5) is 4.39 Å². The van der Waals surface area contributed by atoms with Gasteiger partial charge in [0.05, 0.1) is 17.6 Å². The van der Waals surface area contributed by atoms with E-state index < -0.39 is 0 Å². The van der Waals surface area contributed by atoms with Crippen LogP contribution >= 0.6 is 27.5 Å². The predicted octanol–water partition coefficient (Wildman–Crippen LogP) is 4.56. The third kappa shape index (κ3) is 2.97. The summed E-state index contributed by atoms with van der Waals surface area (Å²) in [6.45, 7) is 0. The lowest BCUT2D eigenvalue weighted by molar-refractivity contribution is 0.414. The van der Waals surface area contributed by atoms with E-state index in [9.17, 15) is 4.39 Å². The Kier molecular flexibility index (Phi) is 5.02. The number of hydrogen-bond donors (Lipinski definition) is 1. The highest BCUT2D eigenvalue weighted by Gasteiger charge is 2.20. The smallest absolute Gasteiger partial charge is 0.142 e. The molecule has 0 saturated heterocycles. The van der Waals surface area contributed by atoms with Gasteiger partial charge in [0, 0.05) is 10.6 Å². The first kappa shape index (κ1) is 15.3. The molecule has 0 heterocycles. The van der Waals surface area contributed by atoms with Gasteiger partial charge < -0.3 is 10.1 Å². The summed E-state index contributed by atoms with van der Waals surface area (Å²) < 4.78 is 19.8. The normalized spacial score (nSPS) is 12.2. The van der Waals surface area contributed by atoms with Crippen LogP contribution < -0.4 is 10.1 Å². The van der Waals surface area contributed by atoms with Crippen molar-refractivity contribution in [2.75, 3.05) is 14.2 Å². The summed E-state index contributed by atoms with van der Waals surface area (Å²) in [7, 11) is 3.35. The zero-order chi connectivity index (χ0) is 14.7. The number of hydrogen-bond acceptors (Lipinski definition) is 2. The van der Waals surface area contributed by atoms with E-state index in [4.69, 9.17) is 16.3 Å². The van der Waals surface area contributed by atoms with Crippen molar-refractivity contribution in [1.82, 2.24) is 5.32 Å². The monoisotopic (exact) mass is 357 g/mol. The molecule has 2 rings (SSSR count). The average Bonchev–Trinajstić information content (AvgIpc) is 2.45. The van der Waals surface area contributed by atoms with Crippen LogP contribution in [0.25, 0.3) is 0 Å². The Balaban J connectivity index is 2.50. The highest BCUT2D eigenvalue weighted by atomic mass is 79.9. The molecule has 2 aromatic carbocycles. The lowest BCUT2D eigenvalue weighted by Gasteiger charge is -2.20. The molecule has 0 aliphatic rings. The summed E-state index contributed by atoms with van der Waals surface area (Å²) in [5, 5.41) is 3.63. The Labute approximate surface area is 131 Å². The number of nitrogens with one attached hydrogen (secondary N) is 1. The van der Waals surface area contributed by atoms with Crippen LogP contribution in [0.15, 0.2) is 40.9 Å². The third-order valence-corrected chi connectivity index (χ3v) is 4.04. The summed E-state index contributed by atoms with van der Waals surface area (Å²) in [4.78, 5) is 0. The molecular weight excluding hydrogens is 345 g/mol. The molecule has 1 unspecified atom stereocenters. The van der Waals surface area contributed by atoms with Gasteiger partial charge in [0.1, 0.15) is 11.6 Å². The Bertz CT molecular complexity index is 621. The molecule has 1 N–H and O–H groups in total. The predicted molar refractivity (Wildman–Crippen MR) is 83.0 cm³/mol. The van der Waals surface area contributed by atoms with Crippen LogP contribution in [0.2, 0.25) is 5.02 Å². The second-order valence-electron chi connectivity index (χ2n) is 4.25. The van der Waals surface area contributed by atoms with Crippen LogP contribution in [0.1, 0.15) is 17.2 Å². The molecule has 20 heavy (non-hydrogen) atoms. The summed E-state index contributed by atoms with van der Waals surface area (Å²) in [6.07, 6.45) is 0. The molecule has 2 nitrogen and oxygen atoms in total. The molecule has 0 bridgehead atoms. The van der Waals surface area contributed by atoms with Gasteiger partial charge >= 0.3 is 0 Å². The summed E-state index contributed by atoms with van der Waals surface area (Å²) in [5.74, 6) is 0.377. The van der Waals surface area contributed by atoms with Gasteiger partial charge in [0.2, 0.25) is 0 Å². The summed E-state index contributed by atoms with van der Waals surface area (Å²) in [5.41, 5.74) is 1.33. The van der Waals surface area contributed by atoms with Gasteiger partial charge in [-0.15, -0.1) is 0 Å². The molecule has 0 fully saturated rings. The van der Waals surface area contributed by atoms with Gasteiger partial charge in [-0.1, -0.05) is 29.8 Å². The second-order valence-corrected chi connectivity index (χ2v) is 5.51. The molecule has 0 aromatic heterocycles. The SMILES string of the molecule is CNC(c1ccc(OC)cc1Cl)c1cccc(Br)c1F. The van der Waals surface area contributed by atoms with Gasteiger partial charge in [-0.3, -0.25) is 0 Å². The van der Waals surface area contributed by atoms with Crippen molar-refractivity contribution >= 4 is 27.5 Å². The van der Waals surface area contributed by atoms with Gasteiger partial charge in [-0.05, 0) is 46.7 Å². The zero-order valence-corrected chi connectivity index (χ0v) is 13.4. The standard InChI is InChI=1S/C15H14BrClFNO/c1-19-15(11-4-3-5-12(16)14(11)18)10-7-6-9(20-2)8-13(10)17/h3-8,15,19H,1-2H3. The topological polar surface area (TPSA) is 21.3 Å². The highest BCUT2D eigenvalue weighted by Crippen LogP contribution is 2.33. The van der Waals surface area contributed by atoms with Crippen molar-refractivity contribution in [3.05, 3.63) is 62.8 Å². The van der Waals surface area contributed by atoms with E-state index in [0.717, 1.165) is 5.56 Å². The van der Waals surface area contributed by atoms with Gasteiger partial charge in [-0.2, -0.15) is 0 Å². The molecule has 5 heteroatoms. The zero-order valence-electron chi connectivity index (χ0n) is 11.1. The van der Waals surface area contributed by atoms with Crippen molar-refractivity contribution in [2.45, 2.75) is 6.04 Å². The van der Waals surface area contributed by atoms with Crippen LogP contribution in [0.5, 0.6) is 5.75 Å². The first-order chi connectivity index (χ1) is 9.58. The lowest BCUT2D eigenvalue weighted by Crippen LogP contribution is -2.19. The fourth-order valence-electron chi connectivity index (χ4n) is 2.09. The minimum absolute atomic E-state index is 0.293. The van der Waals surface area contributed by atoms with E-state index in [1.165, 1.54) is 0 Å². The maximum absolute atomic E-state index is 14.2. The summed E-state index contributed by atoms with van der Waals surface area (Å²) >= 11 is 9.47. The first-order valence-corrected chi connectivity index (χ1v) is 7.20. The minimum atomic E-state index is -0.328. The minimum Gasteiger partial charge on any atom is -0.497 e. The van der Waals surface area contributed by atoms with E-state index in [0.29, 0.717) is 20.8 Å². The van der Waals surface area contributed by atoms with E-state index in [1.54, 1.807) is 44.5 Å². The van der Waals surface area contributed by atoms with Gasteiger partial charge in [-0.25, -0.2) is 4.39 Å². The molecule has 106 valence electrons. The maximum Gasteiger partial charge on any atom is 0.142 e. The fraction of sp³-hybridized carbons (Fsp3) is 0.200. The molecule has 0 radical (unpaired) electrons. The third-order valence-electron chi connectivity index (χ3n) is 3.10. The van der Waals surface area contributed by atoms with E-state index in [-0.39, 0.29) is 11.9 Å². The van der Waals surface area contributed by atoms with Crippen molar-refractivity contribution < 1.29 is 9.13 Å². The summed E-state index contributed by atoms with van der Waals surface area (Å²) in [6, 6.07) is 10.2. The number of rotatable bonds is 4. The van der Waals surface area contributed by atoms with Crippen LogP contribution in [0.3, 0.4) is 0 Å². The van der Waals surface area contributed by atoms with E-state index >= 15 is 0 Å². The van der Waals surface area contributed by atoms with E-state index in [1.807, 2.05) is 6.07 Å². The number of methoxy groups -OCH3 is 1. The van der Waals surface area contributed by atoms with Crippen molar-refractivity contribution in [2.24, 2.45) is 0 Å². The van der Waals surface area contributed by atoms with E-state index in [2.05, 4.69) is 21.2 Å². The molecular formula is C15H14BrClFNO. The fourth-order valence-corrected chi connectivity index (χ4v) is 2.75. The van der Waals surface area contributed by atoms with Gasteiger partial charge in [0.25, 0.3) is 0 Å². The van der Waals surface area contributed by atoms with Gasteiger partial charge in [0.15, 0.2) is 0 Å². The van der Waals surface area contributed by atoms with Crippen molar-refractivity contribution in [1.29, 1.82) is 0 Å². The van der Waals surface area contributed by atoms with Crippen LogP contribution in [-0.2, 0) is 0 Å². The largest absolute Gasteiger partial charge is 0.497 e. The Hall–Kier alpha value is -1.10. The number of benzene rings is 2. The molecule has 0 spiro atoms. The molecule has 1 atom stereocenters. The van der Waals surface area contributed by atoms with Crippen LogP contribution in [-0.4, -0.2) is 14.2 Å². The molecule has 0 saturated carbocycles. The Morgan fingerprint density at radius 3 is 2.60 bits per heavy atom. The number of ether oxygens (including phenoxy) is 1. The number of halogens is 3. The average molecular weight is 359 g/mol. The van der Waals surface area contributed by atoms with Crippen LogP contribution in [0, 0.1) is 5.82 Å². The second kappa shape index (κ2) is 6.57.